The van der Waals surface area contributed by atoms with Gasteiger partial charge in [0.1, 0.15) is 12.6 Å². The molecule has 1 fully saturated rings. The van der Waals surface area contributed by atoms with E-state index in [9.17, 15) is 9.59 Å². The third-order valence-electron chi connectivity index (χ3n) is 5.30. The molecule has 3 N–H and O–H groups in total. The molecule has 27 heavy (non-hydrogen) atoms. The molecule has 0 radical (unpaired) electrons. The van der Waals surface area contributed by atoms with Crippen molar-refractivity contribution >= 4 is 12.0 Å². The van der Waals surface area contributed by atoms with Gasteiger partial charge in [0.25, 0.3) is 0 Å². The van der Waals surface area contributed by atoms with E-state index in [4.69, 9.17) is 9.84 Å². The Kier molecular flexibility index (Phi) is 4.81. The highest BCUT2D eigenvalue weighted by Gasteiger charge is 2.34. The molecule has 2 aromatic carbocycles. The number of rotatable bonds is 5. The summed E-state index contributed by atoms with van der Waals surface area (Å²) in [5, 5.41) is 14.4. The van der Waals surface area contributed by atoms with Crippen LogP contribution < -0.4 is 10.6 Å². The van der Waals surface area contributed by atoms with Crippen LogP contribution in [-0.2, 0) is 9.53 Å². The Hall–Kier alpha value is -2.86. The fraction of sp³-hybridized carbons (Fsp3) is 0.333. The molecule has 2 aliphatic rings. The number of ether oxygens (including phenoxy) is 1. The van der Waals surface area contributed by atoms with E-state index in [1.54, 1.807) is 0 Å². The van der Waals surface area contributed by atoms with Crippen molar-refractivity contribution < 1.29 is 19.4 Å². The molecule has 140 valence electrons. The summed E-state index contributed by atoms with van der Waals surface area (Å²) in [7, 11) is 0. The number of alkyl carbamates (subject to hydrolysis) is 1. The van der Waals surface area contributed by atoms with Crippen LogP contribution in [0.4, 0.5) is 4.79 Å². The maximum atomic E-state index is 12.2. The van der Waals surface area contributed by atoms with Gasteiger partial charge in [-0.1, -0.05) is 48.5 Å². The first-order chi connectivity index (χ1) is 13.2. The summed E-state index contributed by atoms with van der Waals surface area (Å²) in [6.45, 7) is 0.219. The number of nitrogens with one attached hydrogen (secondary N) is 2. The van der Waals surface area contributed by atoms with Gasteiger partial charge in [-0.15, -0.1) is 0 Å². The third-order valence-corrected chi connectivity index (χ3v) is 5.30. The van der Waals surface area contributed by atoms with Crippen LogP contribution in [0.2, 0.25) is 0 Å². The molecule has 0 unspecified atom stereocenters. The van der Waals surface area contributed by atoms with Crippen LogP contribution in [0.1, 0.15) is 29.9 Å². The summed E-state index contributed by atoms with van der Waals surface area (Å²) in [6, 6.07) is 15.6. The van der Waals surface area contributed by atoms with Crippen LogP contribution in [0, 0.1) is 0 Å². The third kappa shape index (κ3) is 3.40. The molecule has 0 saturated carbocycles. The lowest BCUT2D eigenvalue weighted by molar-refractivity contribution is -0.121. The highest BCUT2D eigenvalue weighted by Crippen LogP contribution is 2.44. The average molecular weight is 366 g/mol. The summed E-state index contributed by atoms with van der Waals surface area (Å²) in [5.41, 5.74) is 4.63. The molecular weight excluding hydrogens is 344 g/mol. The Labute approximate surface area is 157 Å². The van der Waals surface area contributed by atoms with Crippen molar-refractivity contribution in [3.05, 3.63) is 59.7 Å². The number of carbonyl (C=O) groups is 2. The number of aliphatic hydroxyl groups is 1. The van der Waals surface area contributed by atoms with E-state index in [1.165, 1.54) is 11.1 Å². The van der Waals surface area contributed by atoms with E-state index < -0.39 is 12.1 Å². The zero-order chi connectivity index (χ0) is 18.8. The van der Waals surface area contributed by atoms with Crippen LogP contribution in [0.3, 0.4) is 0 Å². The number of fused-ring (bicyclic) bond motifs is 3. The van der Waals surface area contributed by atoms with Crippen molar-refractivity contribution in [2.45, 2.75) is 30.8 Å². The van der Waals surface area contributed by atoms with Crippen LogP contribution >= 0.6 is 0 Å². The average Bonchev–Trinajstić information content (AvgIpc) is 3.18. The second kappa shape index (κ2) is 7.40. The maximum Gasteiger partial charge on any atom is 0.407 e. The van der Waals surface area contributed by atoms with Crippen molar-refractivity contribution in [1.82, 2.24) is 10.6 Å². The standard InChI is InChI=1S/C21H22N2O4/c24-10-9-13-11-19(20(25)22-13)23-21(26)27-12-18-16-7-3-1-5-14(16)15-6-2-4-8-17(15)18/h1-8,13,18-19,24H,9-12H2,(H,22,25)(H,23,26)/t13-,19-/m0/s1. The van der Waals surface area contributed by atoms with Crippen molar-refractivity contribution in [2.24, 2.45) is 0 Å². The molecule has 2 aromatic rings. The van der Waals surface area contributed by atoms with Gasteiger partial charge in [-0.05, 0) is 35.1 Å². The lowest BCUT2D eigenvalue weighted by Crippen LogP contribution is -2.40. The van der Waals surface area contributed by atoms with Crippen LogP contribution in [0.25, 0.3) is 11.1 Å². The minimum absolute atomic E-state index is 0.00259. The second-order valence-electron chi connectivity index (χ2n) is 6.98. The maximum absolute atomic E-state index is 12.2. The molecule has 1 aliphatic heterocycles. The molecule has 0 bridgehead atoms. The first-order valence-corrected chi connectivity index (χ1v) is 9.20. The molecular formula is C21H22N2O4. The van der Waals surface area contributed by atoms with Gasteiger partial charge in [0.05, 0.1) is 0 Å². The molecule has 0 aromatic heterocycles. The van der Waals surface area contributed by atoms with E-state index >= 15 is 0 Å². The number of hydrogen-bond donors (Lipinski definition) is 3. The molecule has 0 spiro atoms. The van der Waals surface area contributed by atoms with Crippen molar-refractivity contribution in [1.29, 1.82) is 0 Å². The minimum atomic E-state index is -0.614. The normalized spacial score (nSPS) is 20.7. The van der Waals surface area contributed by atoms with E-state index in [-0.39, 0.29) is 31.1 Å². The summed E-state index contributed by atoms with van der Waals surface area (Å²) in [4.78, 5) is 24.1. The van der Waals surface area contributed by atoms with Gasteiger partial charge in [0.2, 0.25) is 5.91 Å². The first kappa shape index (κ1) is 17.5. The number of aliphatic hydroxyl groups excluding tert-OH is 1. The summed E-state index contributed by atoms with van der Waals surface area (Å²) < 4.78 is 5.47. The van der Waals surface area contributed by atoms with Crippen molar-refractivity contribution in [2.75, 3.05) is 13.2 Å². The number of hydrogen-bond acceptors (Lipinski definition) is 4. The molecule has 4 rings (SSSR count). The first-order valence-electron chi connectivity index (χ1n) is 9.20. The smallest absolute Gasteiger partial charge is 0.407 e. The fourth-order valence-corrected chi connectivity index (χ4v) is 4.00. The van der Waals surface area contributed by atoms with Gasteiger partial charge in [-0.25, -0.2) is 4.79 Å². The Morgan fingerprint density at radius 1 is 1.11 bits per heavy atom. The topological polar surface area (TPSA) is 87.7 Å². The Morgan fingerprint density at radius 2 is 1.74 bits per heavy atom. The van der Waals surface area contributed by atoms with E-state index in [2.05, 4.69) is 34.9 Å². The lowest BCUT2D eigenvalue weighted by Gasteiger charge is -2.16. The van der Waals surface area contributed by atoms with E-state index in [0.717, 1.165) is 11.1 Å². The molecule has 6 heteroatoms. The minimum Gasteiger partial charge on any atom is -0.449 e. The van der Waals surface area contributed by atoms with Gasteiger partial charge in [0.15, 0.2) is 0 Å². The largest absolute Gasteiger partial charge is 0.449 e. The van der Waals surface area contributed by atoms with Crippen molar-refractivity contribution in [3.8, 4) is 11.1 Å². The van der Waals surface area contributed by atoms with Gasteiger partial charge in [-0.3, -0.25) is 4.79 Å². The highest BCUT2D eigenvalue weighted by molar-refractivity contribution is 5.88. The predicted molar refractivity (Wildman–Crippen MR) is 100 cm³/mol. The Morgan fingerprint density at radius 3 is 2.37 bits per heavy atom. The SMILES string of the molecule is O=C(N[C@H]1C[C@H](CCO)NC1=O)OCC1c2ccccc2-c2ccccc21. The zero-order valence-corrected chi connectivity index (χ0v) is 14.9. The molecule has 2 amide bonds. The molecule has 1 saturated heterocycles. The quantitative estimate of drug-likeness (QED) is 0.757. The second-order valence-corrected chi connectivity index (χ2v) is 6.98. The summed E-state index contributed by atoms with van der Waals surface area (Å²) in [6.07, 6.45) is 0.347. The zero-order valence-electron chi connectivity index (χ0n) is 14.9. The summed E-state index contributed by atoms with van der Waals surface area (Å²) in [5.74, 6) is -0.246. The van der Waals surface area contributed by atoms with Crippen LogP contribution in [0.5, 0.6) is 0 Å². The van der Waals surface area contributed by atoms with Gasteiger partial charge >= 0.3 is 6.09 Å². The number of amides is 2. The predicted octanol–water partition coefficient (Wildman–Crippen LogP) is 2.16. The molecule has 1 aliphatic carbocycles. The molecule has 6 nitrogen and oxygen atoms in total. The monoisotopic (exact) mass is 366 g/mol. The molecule has 2 atom stereocenters. The van der Waals surface area contributed by atoms with E-state index in [1.807, 2.05) is 24.3 Å². The van der Waals surface area contributed by atoms with E-state index in [0.29, 0.717) is 12.8 Å². The summed E-state index contributed by atoms with van der Waals surface area (Å²) >= 11 is 0. The van der Waals surface area contributed by atoms with Crippen LogP contribution in [-0.4, -0.2) is 42.4 Å². The fourth-order valence-electron chi connectivity index (χ4n) is 4.00. The molecule has 1 heterocycles. The Bertz CT molecular complexity index is 821. The lowest BCUT2D eigenvalue weighted by atomic mass is 9.98. The number of carbonyl (C=O) groups excluding carboxylic acids is 2. The highest BCUT2D eigenvalue weighted by atomic mass is 16.5. The Balaban J connectivity index is 1.40. The van der Waals surface area contributed by atoms with Crippen molar-refractivity contribution in [3.63, 3.8) is 0 Å². The van der Waals surface area contributed by atoms with Crippen LogP contribution in [0.15, 0.2) is 48.5 Å². The van der Waals surface area contributed by atoms with Gasteiger partial charge < -0.3 is 20.5 Å². The van der Waals surface area contributed by atoms with Gasteiger partial charge in [-0.2, -0.15) is 0 Å². The number of benzene rings is 2. The van der Waals surface area contributed by atoms with Gasteiger partial charge in [0, 0.05) is 18.6 Å².